The van der Waals surface area contributed by atoms with E-state index in [2.05, 4.69) is 0 Å². The number of carbonyl (C=O) groups is 3. The first-order valence-electron chi connectivity index (χ1n) is 4.92. The maximum absolute atomic E-state index is 11.8. The quantitative estimate of drug-likeness (QED) is 0.242. The van der Waals surface area contributed by atoms with Gasteiger partial charge in [0.2, 0.25) is 0 Å². The Morgan fingerprint density at radius 1 is 1.18 bits per heavy atom. The van der Waals surface area contributed by atoms with Gasteiger partial charge in [-0.25, -0.2) is 0 Å². The summed E-state index contributed by atoms with van der Waals surface area (Å²) in [6.45, 7) is 1.59. The second-order valence-electron chi connectivity index (χ2n) is 3.34. The SMILES string of the molecule is CCC(C(=O)C(=O)[O-])C(=O)c1ccccc1.[Na+]. The molecular weight excluding hydrogens is 231 g/mol. The third-order valence-corrected chi connectivity index (χ3v) is 2.30. The first-order chi connectivity index (χ1) is 7.57. The van der Waals surface area contributed by atoms with Crippen molar-refractivity contribution >= 4 is 17.5 Å². The summed E-state index contributed by atoms with van der Waals surface area (Å²) < 4.78 is 0. The molecule has 0 saturated carbocycles. The molecule has 0 aliphatic heterocycles. The van der Waals surface area contributed by atoms with Crippen LogP contribution in [0.25, 0.3) is 0 Å². The van der Waals surface area contributed by atoms with Gasteiger partial charge in [-0.1, -0.05) is 37.3 Å². The third-order valence-electron chi connectivity index (χ3n) is 2.30. The van der Waals surface area contributed by atoms with Crippen LogP contribution >= 0.6 is 0 Å². The van der Waals surface area contributed by atoms with E-state index in [0.29, 0.717) is 5.56 Å². The monoisotopic (exact) mass is 242 g/mol. The second kappa shape index (κ2) is 7.37. The molecule has 0 aliphatic carbocycles. The molecule has 0 fully saturated rings. The summed E-state index contributed by atoms with van der Waals surface area (Å²) in [5, 5.41) is 10.4. The van der Waals surface area contributed by atoms with Gasteiger partial charge in [0.25, 0.3) is 0 Å². The van der Waals surface area contributed by atoms with Gasteiger partial charge in [-0.15, -0.1) is 0 Å². The zero-order valence-electron chi connectivity index (χ0n) is 9.80. The standard InChI is InChI=1S/C12H12O4.Na/c1-2-9(11(14)12(15)16)10(13)8-6-4-3-5-7-8;/h3-7,9H,2H2,1H3,(H,15,16);/q;+1/p-1. The maximum atomic E-state index is 11.8. The number of ketones is 2. The summed E-state index contributed by atoms with van der Waals surface area (Å²) in [6, 6.07) is 8.15. The minimum atomic E-state index is -1.81. The number of hydrogen-bond donors (Lipinski definition) is 0. The van der Waals surface area contributed by atoms with Crippen LogP contribution in [0.4, 0.5) is 0 Å². The molecule has 17 heavy (non-hydrogen) atoms. The van der Waals surface area contributed by atoms with Crippen molar-refractivity contribution in [3.05, 3.63) is 35.9 Å². The Morgan fingerprint density at radius 2 is 1.71 bits per heavy atom. The molecule has 1 aromatic carbocycles. The van der Waals surface area contributed by atoms with Gasteiger partial charge in [-0.3, -0.25) is 9.59 Å². The molecule has 84 valence electrons. The van der Waals surface area contributed by atoms with Gasteiger partial charge in [-0.05, 0) is 6.42 Å². The fourth-order valence-electron chi connectivity index (χ4n) is 1.44. The van der Waals surface area contributed by atoms with Crippen LogP contribution in [0.5, 0.6) is 0 Å². The van der Waals surface area contributed by atoms with Crippen molar-refractivity contribution in [2.24, 2.45) is 5.92 Å². The summed E-state index contributed by atoms with van der Waals surface area (Å²) in [5.74, 6) is -4.59. The molecule has 4 nitrogen and oxygen atoms in total. The Kier molecular flexibility index (Phi) is 6.95. The van der Waals surface area contributed by atoms with E-state index in [-0.39, 0.29) is 36.0 Å². The molecule has 0 aliphatic rings. The maximum Gasteiger partial charge on any atom is 1.00 e. The smallest absolute Gasteiger partial charge is 0.542 e. The average molecular weight is 242 g/mol. The van der Waals surface area contributed by atoms with E-state index in [1.54, 1.807) is 37.3 Å². The molecule has 0 N–H and O–H groups in total. The predicted octanol–water partition coefficient (Wildman–Crippen LogP) is -2.78. The number of aliphatic carboxylic acids is 1. The number of carbonyl (C=O) groups excluding carboxylic acids is 3. The van der Waals surface area contributed by atoms with E-state index in [4.69, 9.17) is 0 Å². The minimum Gasteiger partial charge on any atom is -0.542 e. The number of Topliss-reactive ketones (excluding diaryl/α,β-unsaturated/α-hetero) is 2. The van der Waals surface area contributed by atoms with Crippen LogP contribution in [0.1, 0.15) is 23.7 Å². The van der Waals surface area contributed by atoms with Crippen molar-refractivity contribution in [1.29, 1.82) is 0 Å². The molecule has 0 saturated heterocycles. The van der Waals surface area contributed by atoms with E-state index < -0.39 is 23.5 Å². The van der Waals surface area contributed by atoms with Gasteiger partial charge in [0.05, 0.1) is 5.92 Å². The van der Waals surface area contributed by atoms with Crippen molar-refractivity contribution in [2.45, 2.75) is 13.3 Å². The zero-order valence-corrected chi connectivity index (χ0v) is 11.8. The summed E-state index contributed by atoms with van der Waals surface area (Å²) in [7, 11) is 0. The van der Waals surface area contributed by atoms with Gasteiger partial charge in [-0.2, -0.15) is 0 Å². The Hall–Kier alpha value is -0.970. The van der Waals surface area contributed by atoms with Crippen LogP contribution in [0, 0.1) is 5.92 Å². The number of hydrogen-bond acceptors (Lipinski definition) is 4. The first kappa shape index (κ1) is 16.0. The molecule has 5 heteroatoms. The van der Waals surface area contributed by atoms with Crippen molar-refractivity contribution in [3.63, 3.8) is 0 Å². The Labute approximate surface area is 121 Å². The van der Waals surface area contributed by atoms with Crippen LogP contribution in [0.3, 0.4) is 0 Å². The first-order valence-corrected chi connectivity index (χ1v) is 4.92. The van der Waals surface area contributed by atoms with Gasteiger partial charge >= 0.3 is 29.6 Å². The van der Waals surface area contributed by atoms with Crippen molar-refractivity contribution < 1.29 is 49.0 Å². The number of carboxylic acids is 1. The molecule has 0 heterocycles. The molecule has 0 spiro atoms. The van der Waals surface area contributed by atoms with Gasteiger partial charge in [0, 0.05) is 5.56 Å². The van der Waals surface area contributed by atoms with Crippen molar-refractivity contribution in [2.75, 3.05) is 0 Å². The third kappa shape index (κ3) is 4.07. The van der Waals surface area contributed by atoms with Gasteiger partial charge < -0.3 is 9.90 Å². The van der Waals surface area contributed by atoms with E-state index >= 15 is 0 Å². The molecule has 0 bridgehead atoms. The van der Waals surface area contributed by atoms with E-state index in [0.717, 1.165) is 0 Å². The topological polar surface area (TPSA) is 74.3 Å². The summed E-state index contributed by atoms with van der Waals surface area (Å²) in [4.78, 5) is 33.4. The summed E-state index contributed by atoms with van der Waals surface area (Å²) in [6.07, 6.45) is 0.153. The Bertz CT molecular complexity index is 414. The average Bonchev–Trinajstić information content (AvgIpc) is 2.30. The number of benzene rings is 1. The molecule has 1 unspecified atom stereocenters. The number of rotatable bonds is 5. The molecule has 1 atom stereocenters. The van der Waals surface area contributed by atoms with E-state index in [1.807, 2.05) is 0 Å². The largest absolute Gasteiger partial charge is 1.00 e. The molecule has 1 aromatic rings. The second-order valence-corrected chi connectivity index (χ2v) is 3.34. The predicted molar refractivity (Wildman–Crippen MR) is 54.6 cm³/mol. The van der Waals surface area contributed by atoms with Gasteiger partial charge in [0.15, 0.2) is 11.6 Å². The minimum absolute atomic E-state index is 0. The molecule has 1 rings (SSSR count). The van der Waals surface area contributed by atoms with Crippen LogP contribution in [0.15, 0.2) is 30.3 Å². The van der Waals surface area contributed by atoms with Crippen LogP contribution in [-0.4, -0.2) is 17.5 Å². The van der Waals surface area contributed by atoms with E-state index in [9.17, 15) is 19.5 Å². The van der Waals surface area contributed by atoms with Crippen LogP contribution in [-0.2, 0) is 9.59 Å². The normalized spacial score (nSPS) is 11.1. The van der Waals surface area contributed by atoms with Gasteiger partial charge in [0.1, 0.15) is 5.97 Å². The molecule has 0 aromatic heterocycles. The van der Waals surface area contributed by atoms with Crippen molar-refractivity contribution in [3.8, 4) is 0 Å². The van der Waals surface area contributed by atoms with Crippen molar-refractivity contribution in [1.82, 2.24) is 0 Å². The number of carboxylic acid groups (broad SMARTS) is 1. The van der Waals surface area contributed by atoms with E-state index in [1.165, 1.54) is 0 Å². The summed E-state index contributed by atoms with van der Waals surface area (Å²) >= 11 is 0. The summed E-state index contributed by atoms with van der Waals surface area (Å²) in [5.41, 5.74) is 0.337. The molecule has 0 radical (unpaired) electrons. The molecule has 0 amide bonds. The Morgan fingerprint density at radius 3 is 2.12 bits per heavy atom. The fourth-order valence-corrected chi connectivity index (χ4v) is 1.44. The Balaban J connectivity index is 0.00000256. The fraction of sp³-hybridized carbons (Fsp3) is 0.250. The molecular formula is C12H11NaO4. The van der Waals surface area contributed by atoms with Crippen LogP contribution in [0.2, 0.25) is 0 Å². The van der Waals surface area contributed by atoms with Crippen LogP contribution < -0.4 is 34.7 Å². The zero-order chi connectivity index (χ0) is 12.1.